The van der Waals surface area contributed by atoms with Gasteiger partial charge in [-0.25, -0.2) is 14.6 Å². The lowest BCUT2D eigenvalue weighted by molar-refractivity contribution is -0.383. The van der Waals surface area contributed by atoms with Gasteiger partial charge in [0.15, 0.2) is 5.72 Å². The number of allylic oxidation sites excluding steroid dienone is 3. The van der Waals surface area contributed by atoms with Crippen LogP contribution in [0.4, 0.5) is 26.7 Å². The van der Waals surface area contributed by atoms with Crippen molar-refractivity contribution in [2.75, 3.05) is 31.5 Å². The zero-order valence-corrected chi connectivity index (χ0v) is 31.8. The van der Waals surface area contributed by atoms with Crippen LogP contribution in [0.3, 0.4) is 0 Å². The average molecular weight is 780 g/mol. The number of alkyl carbamates (subject to hydrolysis) is 1. The van der Waals surface area contributed by atoms with Crippen molar-refractivity contribution < 1.29 is 48.1 Å². The zero-order chi connectivity index (χ0) is 39.8. The number of aliphatic hydroxyl groups is 1. The van der Waals surface area contributed by atoms with Gasteiger partial charge in [-0.3, -0.25) is 25.5 Å². The lowest BCUT2D eigenvalue weighted by Gasteiger charge is -2.42. The highest BCUT2D eigenvalue weighted by atomic mass is 35.5. The molecule has 16 nitrogen and oxygen atoms in total. The molecule has 2 fully saturated rings. The predicted octanol–water partition coefficient (Wildman–Crippen LogP) is 5.83. The van der Waals surface area contributed by atoms with Crippen LogP contribution in [-0.2, 0) is 30.2 Å². The molecule has 3 N–H and O–H groups in total. The molecule has 4 bridgehead atoms. The number of hydrogen-bond acceptors (Lipinski definition) is 12. The van der Waals surface area contributed by atoms with Gasteiger partial charge in [0.2, 0.25) is 5.91 Å². The third kappa shape index (κ3) is 7.94. The predicted molar refractivity (Wildman–Crippen MR) is 201 cm³/mol. The SMILES string of the molecule is COc1cc2cc(c1Cl)N(C)C(=O)C[C@H](OC(=O)Nc1ccc([N+](=O)[O-])c3ncccc13)[C@]1(C)O[C@H]1[C@H](C)[C@@H]1C[C@@](O)(NC(=O)O1)[C@H](OC)/C=C/C=C(\C)C2. The van der Waals surface area contributed by atoms with Crippen molar-refractivity contribution in [2.45, 2.75) is 75.8 Å². The number of amides is 3. The van der Waals surface area contributed by atoms with Crippen molar-refractivity contribution in [1.82, 2.24) is 10.3 Å². The number of nitrogens with one attached hydrogen (secondary N) is 2. The summed E-state index contributed by atoms with van der Waals surface area (Å²) in [5, 5.41) is 29.0. The molecule has 0 radical (unpaired) electrons. The van der Waals surface area contributed by atoms with Gasteiger partial charge >= 0.3 is 12.2 Å². The van der Waals surface area contributed by atoms with Crippen molar-refractivity contribution in [3.05, 3.63) is 87.1 Å². The Morgan fingerprint density at radius 3 is 2.71 bits per heavy atom. The molecule has 17 heteroatoms. The number of ether oxygens (including phenoxy) is 5. The summed E-state index contributed by atoms with van der Waals surface area (Å²) < 4.78 is 29.1. The first-order valence-electron chi connectivity index (χ1n) is 17.5. The van der Waals surface area contributed by atoms with Crippen LogP contribution in [0, 0.1) is 16.0 Å². The van der Waals surface area contributed by atoms with Gasteiger partial charge in [-0.2, -0.15) is 0 Å². The summed E-state index contributed by atoms with van der Waals surface area (Å²) in [6.45, 7) is 5.35. The molecular formula is C38H42ClN5O11. The van der Waals surface area contributed by atoms with Crippen LogP contribution in [0.15, 0.2) is 66.4 Å². The Kier molecular flexibility index (Phi) is 11.1. The lowest BCUT2D eigenvalue weighted by Crippen LogP contribution is -2.63. The second-order valence-electron chi connectivity index (χ2n) is 14.1. The van der Waals surface area contributed by atoms with E-state index in [9.17, 15) is 29.6 Å². The number of anilines is 2. The number of carbonyl (C=O) groups excluding carboxylic acids is 3. The molecule has 0 saturated carbocycles. The number of hydrogen-bond donors (Lipinski definition) is 3. The van der Waals surface area contributed by atoms with Crippen molar-refractivity contribution in [3.8, 4) is 5.75 Å². The number of nitro benzene ring substituents is 1. The summed E-state index contributed by atoms with van der Waals surface area (Å²) in [4.78, 5) is 57.3. The molecule has 2 saturated heterocycles. The maximum atomic E-state index is 14.2. The van der Waals surface area contributed by atoms with Gasteiger partial charge in [0.05, 0.1) is 35.9 Å². The molecule has 0 aliphatic carbocycles. The normalized spacial score (nSPS) is 29.9. The molecule has 6 rings (SSSR count). The average Bonchev–Trinajstić information content (AvgIpc) is 3.84. The fourth-order valence-electron chi connectivity index (χ4n) is 7.29. The Hall–Kier alpha value is -5.29. The Morgan fingerprint density at radius 1 is 1.24 bits per heavy atom. The van der Waals surface area contributed by atoms with Crippen LogP contribution in [-0.4, -0.2) is 90.1 Å². The van der Waals surface area contributed by atoms with Crippen molar-refractivity contribution in [2.24, 2.45) is 5.92 Å². The fourth-order valence-corrected chi connectivity index (χ4v) is 7.60. The van der Waals surface area contributed by atoms with E-state index >= 15 is 0 Å². The minimum absolute atomic E-state index is 0.0586. The number of epoxide rings is 1. The van der Waals surface area contributed by atoms with E-state index in [4.69, 9.17) is 35.3 Å². The molecule has 7 atom stereocenters. The number of carbonyl (C=O) groups is 3. The lowest BCUT2D eigenvalue weighted by atomic mass is 9.83. The van der Waals surface area contributed by atoms with E-state index < -0.39 is 64.7 Å². The minimum Gasteiger partial charge on any atom is -0.495 e. The summed E-state index contributed by atoms with van der Waals surface area (Å²) in [5.74, 6) is -0.711. The molecule has 1 aromatic heterocycles. The van der Waals surface area contributed by atoms with Crippen LogP contribution >= 0.6 is 11.6 Å². The number of methoxy groups -OCH3 is 2. The van der Waals surface area contributed by atoms with E-state index in [1.807, 2.05) is 13.0 Å². The van der Waals surface area contributed by atoms with Crippen LogP contribution in [0.2, 0.25) is 5.02 Å². The van der Waals surface area contributed by atoms with Gasteiger partial charge in [0, 0.05) is 44.1 Å². The molecule has 0 unspecified atom stereocenters. The second-order valence-corrected chi connectivity index (χ2v) is 14.5. The molecule has 3 amide bonds. The maximum absolute atomic E-state index is 14.2. The van der Waals surface area contributed by atoms with E-state index in [-0.39, 0.29) is 34.8 Å². The highest BCUT2D eigenvalue weighted by Gasteiger charge is 2.64. The molecule has 3 aliphatic heterocycles. The number of benzene rings is 2. The Labute approximate surface area is 321 Å². The molecule has 3 aliphatic rings. The number of halogens is 1. The number of pyridine rings is 1. The van der Waals surface area contributed by atoms with E-state index in [1.54, 1.807) is 57.3 Å². The third-order valence-corrected chi connectivity index (χ3v) is 10.8. The summed E-state index contributed by atoms with van der Waals surface area (Å²) in [6, 6.07) is 9.26. The van der Waals surface area contributed by atoms with Gasteiger partial charge in [-0.05, 0) is 56.2 Å². The number of aromatic nitrogens is 1. The van der Waals surface area contributed by atoms with Crippen molar-refractivity contribution >= 4 is 57.7 Å². The van der Waals surface area contributed by atoms with E-state index in [0.717, 1.165) is 11.1 Å². The monoisotopic (exact) mass is 779 g/mol. The van der Waals surface area contributed by atoms with Crippen LogP contribution in [0.5, 0.6) is 5.75 Å². The molecule has 3 aromatic rings. The van der Waals surface area contributed by atoms with E-state index in [2.05, 4.69) is 15.6 Å². The summed E-state index contributed by atoms with van der Waals surface area (Å²) in [7, 11) is 4.43. The highest BCUT2D eigenvalue weighted by molar-refractivity contribution is 6.35. The molecule has 2 aromatic carbocycles. The molecular weight excluding hydrogens is 738 g/mol. The topological polar surface area (TPSA) is 204 Å². The van der Waals surface area contributed by atoms with Gasteiger partial charge in [0.25, 0.3) is 5.69 Å². The first-order valence-corrected chi connectivity index (χ1v) is 17.8. The first-order chi connectivity index (χ1) is 26.1. The van der Waals surface area contributed by atoms with E-state index in [1.165, 1.54) is 37.4 Å². The molecule has 55 heavy (non-hydrogen) atoms. The van der Waals surface area contributed by atoms with Crippen molar-refractivity contribution in [1.29, 1.82) is 0 Å². The van der Waals surface area contributed by atoms with Gasteiger partial charge in [-0.15, -0.1) is 0 Å². The zero-order valence-electron chi connectivity index (χ0n) is 31.0. The summed E-state index contributed by atoms with van der Waals surface area (Å²) >= 11 is 6.75. The second kappa shape index (κ2) is 15.5. The van der Waals surface area contributed by atoms with Crippen molar-refractivity contribution in [3.63, 3.8) is 0 Å². The van der Waals surface area contributed by atoms with Crippen LogP contribution in [0.25, 0.3) is 10.9 Å². The number of nitro groups is 1. The van der Waals surface area contributed by atoms with Crippen LogP contribution in [0.1, 0.15) is 39.2 Å². The molecule has 4 heterocycles. The molecule has 0 spiro atoms. The Balaban J connectivity index is 1.38. The third-order valence-electron chi connectivity index (χ3n) is 10.4. The number of rotatable bonds is 5. The largest absolute Gasteiger partial charge is 0.495 e. The number of non-ortho nitro benzene ring substituents is 1. The van der Waals surface area contributed by atoms with Gasteiger partial charge in [0.1, 0.15) is 40.2 Å². The van der Waals surface area contributed by atoms with Gasteiger partial charge in [-0.1, -0.05) is 42.3 Å². The standard InChI is InChI=1S/C38H42ClN5O11/c1-20-9-7-11-29(52-6)38(48)19-28(53-36(47)42-38)21(2)34-37(3,55-34)30(18-31(45)43(4)26-16-22(15-20)17-27(51-5)32(26)39)54-35(46)41-24-12-13-25(44(49)50)33-23(24)10-8-14-40-33/h7-14,16-17,21,28-30,34,48H,15,18-19H2,1-6H3,(H,41,46)(H,42,47)/b11-7+,20-9+/t21-,28+,29-,30+,34+,37+,38+/m1/s1. The Bertz CT molecular complexity index is 2090. The van der Waals surface area contributed by atoms with Crippen LogP contribution < -0.4 is 20.3 Å². The quantitative estimate of drug-likeness (QED) is 0.159. The first kappa shape index (κ1) is 39.4. The highest BCUT2D eigenvalue weighted by Crippen LogP contribution is 2.49. The smallest absolute Gasteiger partial charge is 0.412 e. The van der Waals surface area contributed by atoms with E-state index in [0.29, 0.717) is 23.2 Å². The Morgan fingerprint density at radius 2 is 2.00 bits per heavy atom. The maximum Gasteiger partial charge on any atom is 0.412 e. The minimum atomic E-state index is -1.86. The fraction of sp³-hybridized carbons (Fsp3) is 0.421. The summed E-state index contributed by atoms with van der Waals surface area (Å²) in [5.41, 5.74) is -1.10. The van der Waals surface area contributed by atoms with Gasteiger partial charge < -0.3 is 33.7 Å². The number of nitrogens with zero attached hydrogens (tertiary/aromatic N) is 3. The molecule has 292 valence electrons. The number of fused-ring (bicyclic) bond motifs is 6. The summed E-state index contributed by atoms with van der Waals surface area (Å²) in [6.07, 6.45) is 0.961.